The van der Waals surface area contributed by atoms with Crippen molar-refractivity contribution in [3.8, 4) is 5.75 Å². The molecule has 1 aromatic carbocycles. The zero-order chi connectivity index (χ0) is 19.2. The predicted molar refractivity (Wildman–Crippen MR) is 113 cm³/mol. The van der Waals surface area contributed by atoms with Gasteiger partial charge < -0.3 is 14.7 Å². The number of aliphatic hydroxyl groups excluding tert-OH is 1. The fourth-order valence-corrected chi connectivity index (χ4v) is 4.82. The first-order valence-corrected chi connectivity index (χ1v) is 11.3. The van der Waals surface area contributed by atoms with Gasteiger partial charge in [-0.1, -0.05) is 25.0 Å². The van der Waals surface area contributed by atoms with Crippen molar-refractivity contribution in [3.05, 3.63) is 29.8 Å². The molecule has 3 heterocycles. The van der Waals surface area contributed by atoms with Crippen LogP contribution in [-0.4, -0.2) is 84.4 Å². The smallest absolute Gasteiger partial charge is 0.119 e. The third kappa shape index (κ3) is 5.69. The highest BCUT2D eigenvalue weighted by Gasteiger charge is 2.31. The normalized spacial score (nSPS) is 24.0. The Kier molecular flexibility index (Phi) is 7.24. The van der Waals surface area contributed by atoms with E-state index in [2.05, 4.69) is 26.8 Å². The molecule has 0 aliphatic carbocycles. The monoisotopic (exact) mass is 387 g/mol. The first kappa shape index (κ1) is 20.1. The summed E-state index contributed by atoms with van der Waals surface area (Å²) in [4.78, 5) is 7.58. The third-order valence-electron chi connectivity index (χ3n) is 6.53. The number of ether oxygens (including phenoxy) is 1. The van der Waals surface area contributed by atoms with E-state index in [0.717, 1.165) is 38.0 Å². The Bertz CT molecular complexity index is 576. The van der Waals surface area contributed by atoms with E-state index in [1.165, 1.54) is 70.3 Å². The summed E-state index contributed by atoms with van der Waals surface area (Å²) in [6.07, 6.45) is 7.60. The van der Waals surface area contributed by atoms with Crippen LogP contribution in [0.3, 0.4) is 0 Å². The first-order chi connectivity index (χ1) is 13.8. The highest BCUT2D eigenvalue weighted by Crippen LogP contribution is 2.22. The minimum atomic E-state index is -0.411. The number of benzene rings is 1. The molecule has 3 aliphatic heterocycles. The highest BCUT2D eigenvalue weighted by molar-refractivity contribution is 5.27. The van der Waals surface area contributed by atoms with Crippen molar-refractivity contribution in [1.82, 2.24) is 14.7 Å². The lowest BCUT2D eigenvalue weighted by atomic mass is 10.0. The molecule has 0 bridgehead atoms. The van der Waals surface area contributed by atoms with Gasteiger partial charge in [0.25, 0.3) is 0 Å². The molecule has 0 aromatic heterocycles. The van der Waals surface area contributed by atoms with E-state index in [1.807, 2.05) is 12.1 Å². The molecule has 0 saturated carbocycles. The van der Waals surface area contributed by atoms with Crippen molar-refractivity contribution in [1.29, 1.82) is 0 Å². The quantitative estimate of drug-likeness (QED) is 0.742. The van der Waals surface area contributed by atoms with E-state index >= 15 is 0 Å². The van der Waals surface area contributed by atoms with Crippen LogP contribution in [0.5, 0.6) is 5.75 Å². The number of β-amino-alcohol motifs (C(OH)–C–C–N with tert-alkyl or cyclic N) is 1. The van der Waals surface area contributed by atoms with E-state index in [9.17, 15) is 5.11 Å². The first-order valence-electron chi connectivity index (χ1n) is 11.3. The van der Waals surface area contributed by atoms with E-state index < -0.39 is 6.10 Å². The van der Waals surface area contributed by atoms with Gasteiger partial charge >= 0.3 is 0 Å². The molecule has 0 radical (unpaired) electrons. The molecule has 156 valence electrons. The predicted octanol–water partition coefficient (Wildman–Crippen LogP) is 2.58. The lowest BCUT2D eigenvalue weighted by molar-refractivity contribution is 0.0186. The Morgan fingerprint density at radius 1 is 0.857 bits per heavy atom. The Morgan fingerprint density at radius 3 is 2.18 bits per heavy atom. The van der Waals surface area contributed by atoms with Crippen LogP contribution in [-0.2, 0) is 6.54 Å². The van der Waals surface area contributed by atoms with Gasteiger partial charge in [0.05, 0.1) is 0 Å². The lowest BCUT2D eigenvalue weighted by Crippen LogP contribution is -2.59. The molecule has 1 atom stereocenters. The zero-order valence-corrected chi connectivity index (χ0v) is 17.3. The number of hydrogen-bond donors (Lipinski definition) is 1. The van der Waals surface area contributed by atoms with Gasteiger partial charge in [-0.25, -0.2) is 0 Å². The van der Waals surface area contributed by atoms with Crippen molar-refractivity contribution < 1.29 is 9.84 Å². The van der Waals surface area contributed by atoms with Gasteiger partial charge in [0.15, 0.2) is 0 Å². The minimum Gasteiger partial charge on any atom is -0.491 e. The van der Waals surface area contributed by atoms with Crippen molar-refractivity contribution in [2.45, 2.75) is 57.2 Å². The summed E-state index contributed by atoms with van der Waals surface area (Å²) in [5, 5.41) is 10.2. The fourth-order valence-electron chi connectivity index (χ4n) is 4.82. The molecule has 0 amide bonds. The minimum absolute atomic E-state index is 0.374. The maximum absolute atomic E-state index is 10.2. The summed E-state index contributed by atoms with van der Waals surface area (Å²) in [6, 6.07) is 9.21. The maximum atomic E-state index is 10.2. The van der Waals surface area contributed by atoms with Crippen LogP contribution in [0.25, 0.3) is 0 Å². The average molecular weight is 388 g/mol. The van der Waals surface area contributed by atoms with Gasteiger partial charge in [-0.15, -0.1) is 0 Å². The van der Waals surface area contributed by atoms with Crippen LogP contribution in [0, 0.1) is 0 Å². The van der Waals surface area contributed by atoms with Gasteiger partial charge in [-0.3, -0.25) is 9.80 Å². The average Bonchev–Trinajstić information content (AvgIpc) is 2.71. The largest absolute Gasteiger partial charge is 0.491 e. The standard InChI is InChI=1S/C23H37N3O2/c27-22(18-24-11-3-1-4-12-24)19-28-23-9-7-20(8-10-23)15-25-16-21(17-25)26-13-5-2-6-14-26/h7-10,21-22,27H,1-6,11-19H2/t22-/m1/s1. The van der Waals surface area contributed by atoms with Crippen molar-refractivity contribution in [3.63, 3.8) is 0 Å². The number of rotatable bonds is 8. The molecule has 3 fully saturated rings. The maximum Gasteiger partial charge on any atom is 0.119 e. The van der Waals surface area contributed by atoms with Crippen LogP contribution in [0.15, 0.2) is 24.3 Å². The SMILES string of the molecule is O[C@@H](COc1ccc(CN2CC(N3CCCCC3)C2)cc1)CN1CCCCC1. The van der Waals surface area contributed by atoms with Crippen LogP contribution < -0.4 is 4.74 Å². The molecule has 0 unspecified atom stereocenters. The molecule has 1 aromatic rings. The lowest BCUT2D eigenvalue weighted by Gasteiger charge is -2.46. The van der Waals surface area contributed by atoms with Gasteiger partial charge in [-0.05, 0) is 69.6 Å². The molecular formula is C23H37N3O2. The Balaban J connectivity index is 1.14. The summed E-state index contributed by atoms with van der Waals surface area (Å²) >= 11 is 0. The van der Waals surface area contributed by atoms with E-state index in [-0.39, 0.29) is 0 Å². The van der Waals surface area contributed by atoms with Gasteiger partial charge in [0, 0.05) is 32.2 Å². The second-order valence-electron chi connectivity index (χ2n) is 8.91. The van der Waals surface area contributed by atoms with Crippen molar-refractivity contribution in [2.24, 2.45) is 0 Å². The molecule has 3 aliphatic rings. The van der Waals surface area contributed by atoms with Crippen LogP contribution >= 0.6 is 0 Å². The highest BCUT2D eigenvalue weighted by atomic mass is 16.5. The summed E-state index contributed by atoms with van der Waals surface area (Å²) in [7, 11) is 0. The van der Waals surface area contributed by atoms with Crippen LogP contribution in [0.4, 0.5) is 0 Å². The second kappa shape index (κ2) is 10.1. The number of hydrogen-bond acceptors (Lipinski definition) is 5. The third-order valence-corrected chi connectivity index (χ3v) is 6.53. The molecule has 0 spiro atoms. The molecular weight excluding hydrogens is 350 g/mol. The van der Waals surface area contributed by atoms with Crippen molar-refractivity contribution in [2.75, 3.05) is 52.4 Å². The summed E-state index contributed by atoms with van der Waals surface area (Å²) in [5.74, 6) is 0.858. The molecule has 5 heteroatoms. The number of aliphatic hydroxyl groups is 1. The Labute approximate surface area is 170 Å². The molecule has 4 rings (SSSR count). The Hall–Kier alpha value is -1.14. The molecule has 1 N–H and O–H groups in total. The molecule has 28 heavy (non-hydrogen) atoms. The summed E-state index contributed by atoms with van der Waals surface area (Å²) in [5.41, 5.74) is 1.35. The zero-order valence-electron chi connectivity index (χ0n) is 17.3. The van der Waals surface area contributed by atoms with E-state index in [1.54, 1.807) is 0 Å². The number of nitrogens with zero attached hydrogens (tertiary/aromatic N) is 3. The van der Waals surface area contributed by atoms with E-state index in [0.29, 0.717) is 6.61 Å². The number of likely N-dealkylation sites (tertiary alicyclic amines) is 3. The Morgan fingerprint density at radius 2 is 1.50 bits per heavy atom. The number of piperidine rings is 2. The summed E-state index contributed by atoms with van der Waals surface area (Å²) < 4.78 is 5.81. The fraction of sp³-hybridized carbons (Fsp3) is 0.739. The van der Waals surface area contributed by atoms with Gasteiger partial charge in [0.1, 0.15) is 18.5 Å². The van der Waals surface area contributed by atoms with Gasteiger partial charge in [-0.2, -0.15) is 0 Å². The second-order valence-corrected chi connectivity index (χ2v) is 8.91. The van der Waals surface area contributed by atoms with Gasteiger partial charge in [0.2, 0.25) is 0 Å². The van der Waals surface area contributed by atoms with Crippen LogP contribution in [0.2, 0.25) is 0 Å². The topological polar surface area (TPSA) is 39.2 Å². The molecule has 3 saturated heterocycles. The van der Waals surface area contributed by atoms with E-state index in [4.69, 9.17) is 4.74 Å². The summed E-state index contributed by atoms with van der Waals surface area (Å²) in [6.45, 7) is 9.37. The molecule has 5 nitrogen and oxygen atoms in total. The van der Waals surface area contributed by atoms with Crippen molar-refractivity contribution >= 4 is 0 Å². The van der Waals surface area contributed by atoms with Crippen LogP contribution in [0.1, 0.15) is 44.1 Å².